The first-order chi connectivity index (χ1) is 17.8. The van der Waals surface area contributed by atoms with Crippen LogP contribution in [0.2, 0.25) is 0 Å². The second-order valence-corrected chi connectivity index (χ2v) is 10.7. The van der Waals surface area contributed by atoms with Crippen molar-refractivity contribution in [2.45, 2.75) is 137 Å². The molecule has 7 nitrogen and oxygen atoms in total. The number of hydrogen-bond donors (Lipinski definition) is 0. The predicted octanol–water partition coefficient (Wildman–Crippen LogP) is 7.00. The summed E-state index contributed by atoms with van der Waals surface area (Å²) in [6, 6.07) is 0. The van der Waals surface area contributed by atoms with Crippen molar-refractivity contribution in [3.8, 4) is 0 Å². The maximum Gasteiger partial charge on any atom is 0.338 e. The summed E-state index contributed by atoms with van der Waals surface area (Å²) in [5, 5.41) is 0. The molecule has 0 aromatic rings. The number of carbonyl (C=O) groups excluding carboxylic acids is 3. The Labute approximate surface area is 225 Å². The van der Waals surface area contributed by atoms with Crippen LogP contribution in [0.1, 0.15) is 125 Å². The lowest BCUT2D eigenvalue weighted by Gasteiger charge is -2.35. The fraction of sp³-hybridized carbons (Fsp3) is 0.900. The predicted molar refractivity (Wildman–Crippen MR) is 145 cm³/mol. The summed E-state index contributed by atoms with van der Waals surface area (Å²) in [4.78, 5) is 39.4. The molecule has 0 aromatic carbocycles. The first kappa shape index (κ1) is 33.4. The van der Waals surface area contributed by atoms with Crippen molar-refractivity contribution < 1.29 is 33.3 Å². The van der Waals surface area contributed by atoms with Gasteiger partial charge in [-0.1, -0.05) is 92.9 Å². The molecule has 0 aromatic heterocycles. The lowest BCUT2D eigenvalue weighted by atomic mass is 9.82. The van der Waals surface area contributed by atoms with Gasteiger partial charge in [-0.15, -0.1) is 0 Å². The normalized spacial score (nSPS) is 22.7. The van der Waals surface area contributed by atoms with Crippen molar-refractivity contribution in [1.82, 2.24) is 0 Å². The van der Waals surface area contributed by atoms with Gasteiger partial charge >= 0.3 is 17.9 Å². The molecule has 1 saturated heterocycles. The molecule has 6 unspecified atom stereocenters. The highest BCUT2D eigenvalue weighted by molar-refractivity contribution is 5.86. The van der Waals surface area contributed by atoms with Gasteiger partial charge in [0.15, 0.2) is 6.10 Å². The molecule has 1 fully saturated rings. The SMILES string of the molecule is CCCCC(CC)COC(=O)CC1(C(CC)CCCC)OC(=O)C(C(C(=O)OC)C(CC)CCCC)O1. The van der Waals surface area contributed by atoms with Gasteiger partial charge in [-0.05, 0) is 37.5 Å². The van der Waals surface area contributed by atoms with Gasteiger partial charge in [-0.3, -0.25) is 9.59 Å². The van der Waals surface area contributed by atoms with E-state index < -0.39 is 35.7 Å². The zero-order valence-electron chi connectivity index (χ0n) is 24.6. The summed E-state index contributed by atoms with van der Waals surface area (Å²) >= 11 is 0. The van der Waals surface area contributed by atoms with E-state index in [0.29, 0.717) is 25.4 Å². The zero-order chi connectivity index (χ0) is 27.8. The highest BCUT2D eigenvalue weighted by Crippen LogP contribution is 2.44. The number of hydrogen-bond acceptors (Lipinski definition) is 7. The van der Waals surface area contributed by atoms with Crippen LogP contribution in [0.25, 0.3) is 0 Å². The fourth-order valence-corrected chi connectivity index (χ4v) is 5.49. The number of carbonyl (C=O) groups is 3. The number of unbranched alkanes of at least 4 members (excludes halogenated alkanes) is 3. The second-order valence-electron chi connectivity index (χ2n) is 10.7. The first-order valence-electron chi connectivity index (χ1n) is 14.9. The minimum atomic E-state index is -1.43. The van der Waals surface area contributed by atoms with E-state index in [1.165, 1.54) is 7.11 Å². The molecule has 1 aliphatic rings. The standard InChI is InChI=1S/C30H54O7/c1-8-14-17-22(11-4)21-35-25(31)20-30(24(13-6)19-16-10-3)36-27(29(33)37-30)26(28(32)34-7)23(12-5)18-15-9-2/h22-24,26-27H,8-21H2,1-7H3. The topological polar surface area (TPSA) is 88.1 Å². The van der Waals surface area contributed by atoms with Crippen LogP contribution in [-0.4, -0.2) is 43.5 Å². The molecule has 37 heavy (non-hydrogen) atoms. The molecular weight excluding hydrogens is 472 g/mol. The van der Waals surface area contributed by atoms with Crippen molar-refractivity contribution in [3.05, 3.63) is 0 Å². The molecule has 0 amide bonds. The summed E-state index contributed by atoms with van der Waals surface area (Å²) in [5.74, 6) is -3.61. The Bertz CT molecular complexity index is 679. The monoisotopic (exact) mass is 526 g/mol. The van der Waals surface area contributed by atoms with Crippen LogP contribution >= 0.6 is 0 Å². The van der Waals surface area contributed by atoms with Crippen molar-refractivity contribution in [2.24, 2.45) is 23.7 Å². The van der Waals surface area contributed by atoms with E-state index in [4.69, 9.17) is 18.9 Å². The number of rotatable bonds is 20. The Balaban J connectivity index is 3.23. The molecule has 1 aliphatic heterocycles. The second kappa shape index (κ2) is 17.8. The van der Waals surface area contributed by atoms with Crippen LogP contribution < -0.4 is 0 Å². The van der Waals surface area contributed by atoms with E-state index in [-0.39, 0.29) is 18.3 Å². The maximum atomic E-state index is 13.3. The zero-order valence-corrected chi connectivity index (χ0v) is 24.6. The minimum absolute atomic E-state index is 0.0766. The van der Waals surface area contributed by atoms with Gasteiger partial charge in [0.2, 0.25) is 5.79 Å². The lowest BCUT2D eigenvalue weighted by molar-refractivity contribution is -0.223. The third-order valence-corrected chi connectivity index (χ3v) is 8.03. The Morgan fingerprint density at radius 2 is 1.51 bits per heavy atom. The molecule has 0 radical (unpaired) electrons. The first-order valence-corrected chi connectivity index (χ1v) is 14.9. The molecule has 0 N–H and O–H groups in total. The third kappa shape index (κ3) is 9.88. The van der Waals surface area contributed by atoms with Crippen LogP contribution in [0.4, 0.5) is 0 Å². The fourth-order valence-electron chi connectivity index (χ4n) is 5.49. The van der Waals surface area contributed by atoms with E-state index in [0.717, 1.165) is 64.2 Å². The number of methoxy groups -OCH3 is 1. The van der Waals surface area contributed by atoms with E-state index in [2.05, 4.69) is 27.7 Å². The molecule has 6 atom stereocenters. The number of ether oxygens (including phenoxy) is 4. The van der Waals surface area contributed by atoms with Crippen molar-refractivity contribution in [3.63, 3.8) is 0 Å². The molecule has 0 saturated carbocycles. The molecule has 0 bridgehead atoms. The van der Waals surface area contributed by atoms with Crippen LogP contribution in [0.15, 0.2) is 0 Å². The summed E-state index contributed by atoms with van der Waals surface area (Å²) in [5.41, 5.74) is 0. The van der Waals surface area contributed by atoms with Crippen LogP contribution in [0.3, 0.4) is 0 Å². The molecule has 1 heterocycles. The van der Waals surface area contributed by atoms with E-state index in [9.17, 15) is 14.4 Å². The minimum Gasteiger partial charge on any atom is -0.469 e. The van der Waals surface area contributed by atoms with Gasteiger partial charge in [0, 0.05) is 5.92 Å². The average Bonchev–Trinajstić information content (AvgIpc) is 3.22. The molecule has 7 heteroatoms. The van der Waals surface area contributed by atoms with E-state index in [1.807, 2.05) is 13.8 Å². The van der Waals surface area contributed by atoms with Gasteiger partial charge in [0.25, 0.3) is 0 Å². The van der Waals surface area contributed by atoms with Gasteiger partial charge in [0.1, 0.15) is 6.42 Å². The summed E-state index contributed by atoms with van der Waals surface area (Å²) < 4.78 is 23.3. The lowest BCUT2D eigenvalue weighted by Crippen LogP contribution is -2.44. The Kier molecular flexibility index (Phi) is 16.1. The third-order valence-electron chi connectivity index (χ3n) is 8.03. The molecular formula is C30H54O7. The summed E-state index contributed by atoms with van der Waals surface area (Å²) in [6.45, 7) is 12.8. The van der Waals surface area contributed by atoms with E-state index in [1.54, 1.807) is 0 Å². The summed E-state index contributed by atoms with van der Waals surface area (Å²) in [6.07, 6.45) is 9.67. The van der Waals surface area contributed by atoms with Crippen LogP contribution in [0, 0.1) is 23.7 Å². The highest BCUT2D eigenvalue weighted by atomic mass is 16.8. The molecule has 0 spiro atoms. The molecule has 216 valence electrons. The van der Waals surface area contributed by atoms with Gasteiger partial charge in [-0.2, -0.15) is 0 Å². The smallest absolute Gasteiger partial charge is 0.338 e. The van der Waals surface area contributed by atoms with Crippen LogP contribution in [0.5, 0.6) is 0 Å². The highest BCUT2D eigenvalue weighted by Gasteiger charge is 2.58. The summed E-state index contributed by atoms with van der Waals surface area (Å²) in [7, 11) is 1.34. The van der Waals surface area contributed by atoms with Crippen molar-refractivity contribution in [1.29, 1.82) is 0 Å². The van der Waals surface area contributed by atoms with Crippen molar-refractivity contribution >= 4 is 17.9 Å². The largest absolute Gasteiger partial charge is 0.469 e. The maximum absolute atomic E-state index is 13.3. The molecule has 1 rings (SSSR count). The Morgan fingerprint density at radius 3 is 2.05 bits per heavy atom. The quantitative estimate of drug-likeness (QED) is 0.125. The Morgan fingerprint density at radius 1 is 0.892 bits per heavy atom. The average molecular weight is 527 g/mol. The number of cyclic esters (lactones) is 1. The Hall–Kier alpha value is -1.63. The van der Waals surface area contributed by atoms with Gasteiger partial charge < -0.3 is 18.9 Å². The molecule has 0 aliphatic carbocycles. The van der Waals surface area contributed by atoms with Crippen molar-refractivity contribution in [2.75, 3.05) is 13.7 Å². The van der Waals surface area contributed by atoms with Gasteiger partial charge in [-0.25, -0.2) is 4.79 Å². The number of esters is 3. The van der Waals surface area contributed by atoms with Crippen LogP contribution in [-0.2, 0) is 33.3 Å². The van der Waals surface area contributed by atoms with E-state index >= 15 is 0 Å². The van der Waals surface area contributed by atoms with Gasteiger partial charge in [0.05, 0.1) is 19.6 Å².